The van der Waals surface area contributed by atoms with Crippen molar-refractivity contribution in [3.05, 3.63) is 10.6 Å². The first-order valence-corrected chi connectivity index (χ1v) is 4.25. The molecule has 0 aliphatic carbocycles. The van der Waals surface area contributed by atoms with E-state index in [1.807, 2.05) is 0 Å². The van der Waals surface area contributed by atoms with E-state index in [0.29, 0.717) is 0 Å². The van der Waals surface area contributed by atoms with Gasteiger partial charge in [0.2, 0.25) is 0 Å². The molecule has 11 heavy (non-hydrogen) atoms. The Morgan fingerprint density at radius 3 is 2.00 bits per heavy atom. The van der Waals surface area contributed by atoms with Gasteiger partial charge in [-0.25, -0.2) is 4.79 Å². The first-order valence-electron chi connectivity index (χ1n) is 2.46. The number of halogens is 4. The minimum absolute atomic E-state index is 0.0944. The Balaban J connectivity index is 4.68. The molecule has 6 heteroatoms. The summed E-state index contributed by atoms with van der Waals surface area (Å²) in [6.45, 7) is 0. The molecule has 0 aromatic heterocycles. The normalized spacial score (nSPS) is 13.2. The molecule has 0 bridgehead atoms. The predicted octanol–water partition coefficient (Wildman–Crippen LogP) is 2.61. The van der Waals surface area contributed by atoms with Gasteiger partial charge in [-0.2, -0.15) is 0 Å². The predicted molar refractivity (Wildman–Crippen MR) is 46.7 cm³/mol. The lowest BCUT2D eigenvalue weighted by atomic mass is 10.3. The first kappa shape index (κ1) is 11.4. The monoisotopic (exact) mass is 236 g/mol. The molecule has 0 saturated carbocycles. The van der Waals surface area contributed by atoms with Crippen LogP contribution in [0.15, 0.2) is 10.6 Å². The molecule has 0 heterocycles. The van der Waals surface area contributed by atoms with Gasteiger partial charge < -0.3 is 5.11 Å². The molecule has 0 amide bonds. The molecule has 0 aromatic rings. The molecule has 1 N–H and O–H groups in total. The van der Waals surface area contributed by atoms with Crippen molar-refractivity contribution < 1.29 is 9.90 Å². The first-order chi connectivity index (χ1) is 5.00. The van der Waals surface area contributed by atoms with Gasteiger partial charge in [0.1, 0.15) is 9.87 Å². The number of allylic oxidation sites excluding steroid dienone is 1. The van der Waals surface area contributed by atoms with Crippen molar-refractivity contribution in [2.24, 2.45) is 0 Å². The van der Waals surface area contributed by atoms with Gasteiger partial charge in [0.15, 0.2) is 0 Å². The fourth-order valence-corrected chi connectivity index (χ4v) is 1.52. The number of carboxylic acid groups (broad SMARTS) is 1. The molecule has 2 nitrogen and oxygen atoms in total. The molecule has 0 saturated heterocycles. The number of alkyl halides is 3. The van der Waals surface area contributed by atoms with Crippen LogP contribution in [0.25, 0.3) is 0 Å². The maximum Gasteiger partial charge on any atom is 0.347 e. The largest absolute Gasteiger partial charge is 0.477 e. The highest BCUT2D eigenvalue weighted by Gasteiger charge is 2.16. The molecule has 0 atom stereocenters. The molecule has 64 valence electrons. The van der Waals surface area contributed by atoms with Gasteiger partial charge in [0.05, 0.1) is 0 Å². The lowest BCUT2D eigenvalue weighted by Crippen LogP contribution is -2.05. The molecule has 0 aliphatic rings. The van der Waals surface area contributed by atoms with Crippen molar-refractivity contribution in [1.29, 1.82) is 0 Å². The van der Waals surface area contributed by atoms with Gasteiger partial charge in [0.25, 0.3) is 0 Å². The lowest BCUT2D eigenvalue weighted by Gasteiger charge is -2.03. The van der Waals surface area contributed by atoms with E-state index < -0.39 is 15.8 Å². The van der Waals surface area contributed by atoms with Crippen LogP contribution >= 0.6 is 46.4 Å². The minimum atomic E-state index is -1.28. The Hall–Kier alpha value is 0.370. The van der Waals surface area contributed by atoms with Crippen LogP contribution in [0.3, 0.4) is 0 Å². The van der Waals surface area contributed by atoms with Crippen LogP contribution in [0.1, 0.15) is 0 Å². The fourth-order valence-electron chi connectivity index (χ4n) is 0.350. The standard InChI is InChI=1S/C5H4Cl4O2/c6-1-2(4(8)9)3(7)5(10)11/h4H,1H2,(H,10,11)/b3-2+. The van der Waals surface area contributed by atoms with E-state index in [-0.39, 0.29) is 11.5 Å². The Morgan fingerprint density at radius 1 is 1.45 bits per heavy atom. The molecule has 0 aromatic carbocycles. The zero-order chi connectivity index (χ0) is 9.02. The summed E-state index contributed by atoms with van der Waals surface area (Å²) in [7, 11) is 0. The van der Waals surface area contributed by atoms with Crippen LogP contribution in [0.4, 0.5) is 0 Å². The van der Waals surface area contributed by atoms with E-state index in [4.69, 9.17) is 51.5 Å². The van der Waals surface area contributed by atoms with Crippen LogP contribution in [0.2, 0.25) is 0 Å². The summed E-state index contributed by atoms with van der Waals surface area (Å²) in [6, 6.07) is 0. The van der Waals surface area contributed by atoms with E-state index in [0.717, 1.165) is 0 Å². The third kappa shape index (κ3) is 3.52. The SMILES string of the molecule is O=C(O)/C(Cl)=C(/CCl)C(Cl)Cl. The maximum absolute atomic E-state index is 10.2. The van der Waals surface area contributed by atoms with Crippen molar-refractivity contribution in [1.82, 2.24) is 0 Å². The summed E-state index contributed by atoms with van der Waals surface area (Å²) in [6.07, 6.45) is 0. The number of aliphatic carboxylic acids is 1. The average Bonchev–Trinajstić information content (AvgIpc) is 1.88. The number of rotatable bonds is 3. The Morgan fingerprint density at radius 2 is 1.91 bits per heavy atom. The highest BCUT2D eigenvalue weighted by atomic mass is 35.5. The Bertz CT molecular complexity index is 187. The third-order valence-electron chi connectivity index (χ3n) is 0.877. The summed E-state index contributed by atoms with van der Waals surface area (Å²) in [5, 5.41) is 7.95. The molecule has 0 fully saturated rings. The van der Waals surface area contributed by atoms with E-state index in [1.54, 1.807) is 0 Å². The molecule has 0 unspecified atom stereocenters. The van der Waals surface area contributed by atoms with Gasteiger partial charge in [-0.3, -0.25) is 0 Å². The second kappa shape index (κ2) is 5.09. The van der Waals surface area contributed by atoms with Gasteiger partial charge in [-0.1, -0.05) is 11.6 Å². The summed E-state index contributed by atoms with van der Waals surface area (Å²) >= 11 is 21.3. The van der Waals surface area contributed by atoms with Crippen molar-refractivity contribution in [3.8, 4) is 0 Å². The summed E-state index contributed by atoms with van der Waals surface area (Å²) < 4.78 is 0. The molecular weight excluding hydrogens is 234 g/mol. The van der Waals surface area contributed by atoms with Crippen molar-refractivity contribution >= 4 is 52.4 Å². The second-order valence-corrected chi connectivity index (χ2v) is 3.32. The van der Waals surface area contributed by atoms with Crippen molar-refractivity contribution in [2.75, 3.05) is 5.88 Å². The molecule has 0 aliphatic heterocycles. The smallest absolute Gasteiger partial charge is 0.347 e. The molecular formula is C5H4Cl4O2. The van der Waals surface area contributed by atoms with Crippen molar-refractivity contribution in [2.45, 2.75) is 4.84 Å². The van der Waals surface area contributed by atoms with Crippen LogP contribution in [-0.4, -0.2) is 21.8 Å². The Kier molecular flexibility index (Phi) is 5.26. The zero-order valence-electron chi connectivity index (χ0n) is 5.15. The summed E-state index contributed by atoms with van der Waals surface area (Å²) in [5.74, 6) is -1.38. The second-order valence-electron chi connectivity index (χ2n) is 1.58. The topological polar surface area (TPSA) is 37.3 Å². The van der Waals surface area contributed by atoms with Crippen LogP contribution in [0.5, 0.6) is 0 Å². The number of carboxylic acids is 1. The van der Waals surface area contributed by atoms with E-state index in [9.17, 15) is 4.79 Å². The Labute approximate surface area is 83.7 Å². The third-order valence-corrected chi connectivity index (χ3v) is 2.10. The zero-order valence-corrected chi connectivity index (χ0v) is 8.18. The molecule has 0 rings (SSSR count). The highest BCUT2D eigenvalue weighted by molar-refractivity contribution is 6.49. The lowest BCUT2D eigenvalue weighted by molar-refractivity contribution is -0.131. The summed E-state index contributed by atoms with van der Waals surface area (Å²) in [4.78, 5) is 9.26. The molecule has 0 radical (unpaired) electrons. The highest BCUT2D eigenvalue weighted by Crippen LogP contribution is 2.22. The van der Waals surface area contributed by atoms with Gasteiger partial charge in [0, 0.05) is 11.5 Å². The van der Waals surface area contributed by atoms with E-state index in [1.165, 1.54) is 0 Å². The van der Waals surface area contributed by atoms with Crippen LogP contribution < -0.4 is 0 Å². The minimum Gasteiger partial charge on any atom is -0.477 e. The van der Waals surface area contributed by atoms with Gasteiger partial charge in [-0.15, -0.1) is 34.8 Å². The van der Waals surface area contributed by atoms with Gasteiger partial charge in [-0.05, 0) is 0 Å². The van der Waals surface area contributed by atoms with E-state index >= 15 is 0 Å². The number of carbonyl (C=O) groups is 1. The fraction of sp³-hybridized carbons (Fsp3) is 0.400. The maximum atomic E-state index is 10.2. The summed E-state index contributed by atoms with van der Waals surface area (Å²) in [5.41, 5.74) is 0.101. The van der Waals surface area contributed by atoms with Crippen molar-refractivity contribution in [3.63, 3.8) is 0 Å². The van der Waals surface area contributed by atoms with E-state index in [2.05, 4.69) is 0 Å². The quantitative estimate of drug-likeness (QED) is 0.605. The molecule has 0 spiro atoms. The van der Waals surface area contributed by atoms with Crippen LogP contribution in [0, 0.1) is 0 Å². The number of hydrogen-bond donors (Lipinski definition) is 1. The van der Waals surface area contributed by atoms with Gasteiger partial charge >= 0.3 is 5.97 Å². The number of hydrogen-bond acceptors (Lipinski definition) is 1. The van der Waals surface area contributed by atoms with Crippen LogP contribution in [-0.2, 0) is 4.79 Å². The average molecular weight is 238 g/mol.